The van der Waals surface area contributed by atoms with Crippen LogP contribution in [0.5, 0.6) is 0 Å². The van der Waals surface area contributed by atoms with E-state index < -0.39 is 27.1 Å². The Morgan fingerprint density at radius 3 is 2.24 bits per heavy atom. The van der Waals surface area contributed by atoms with Gasteiger partial charge < -0.3 is 5.32 Å². The molecule has 0 fully saturated rings. The maximum Gasteiger partial charge on any atom is 0.277 e. The van der Waals surface area contributed by atoms with Crippen LogP contribution < -0.4 is 5.32 Å². The first-order chi connectivity index (χ1) is 11.8. The van der Waals surface area contributed by atoms with Crippen molar-refractivity contribution >= 4 is 33.6 Å². The molecule has 0 bridgehead atoms. The molecule has 2 aromatic rings. The first-order valence-electron chi connectivity index (χ1n) is 7.06. The van der Waals surface area contributed by atoms with Crippen molar-refractivity contribution in [3.63, 3.8) is 0 Å². The summed E-state index contributed by atoms with van der Waals surface area (Å²) in [4.78, 5) is 33.4. The van der Waals surface area contributed by atoms with Crippen LogP contribution in [0.3, 0.4) is 0 Å². The number of benzene rings is 1. The highest BCUT2D eigenvalue weighted by Crippen LogP contribution is 2.33. The van der Waals surface area contributed by atoms with Crippen molar-refractivity contribution in [1.82, 2.24) is 0 Å². The van der Waals surface area contributed by atoms with Gasteiger partial charge in [-0.2, -0.15) is 5.26 Å². The summed E-state index contributed by atoms with van der Waals surface area (Å²) in [5.41, 5.74) is -0.201. The van der Waals surface area contributed by atoms with Gasteiger partial charge in [0.2, 0.25) is 0 Å². The van der Waals surface area contributed by atoms with Gasteiger partial charge >= 0.3 is 0 Å². The lowest BCUT2D eigenvalue weighted by molar-refractivity contribution is -0.394. The van der Waals surface area contributed by atoms with Crippen LogP contribution in [-0.4, -0.2) is 15.8 Å². The third-order valence-electron chi connectivity index (χ3n) is 3.49. The van der Waals surface area contributed by atoms with Crippen molar-refractivity contribution in [2.45, 2.75) is 20.3 Å². The van der Waals surface area contributed by atoms with Gasteiger partial charge in [-0.15, -0.1) is 11.3 Å². The number of amides is 1. The molecule has 0 saturated carbocycles. The van der Waals surface area contributed by atoms with Crippen LogP contribution in [0.2, 0.25) is 0 Å². The second-order valence-corrected chi connectivity index (χ2v) is 6.24. The van der Waals surface area contributed by atoms with Crippen LogP contribution in [0.25, 0.3) is 0 Å². The van der Waals surface area contributed by atoms with Crippen LogP contribution >= 0.6 is 11.3 Å². The minimum Gasteiger partial charge on any atom is -0.312 e. The van der Waals surface area contributed by atoms with Crippen molar-refractivity contribution in [3.05, 3.63) is 60.0 Å². The number of rotatable bonds is 5. The Morgan fingerprint density at radius 1 is 1.24 bits per heavy atom. The van der Waals surface area contributed by atoms with E-state index in [1.54, 1.807) is 0 Å². The Labute approximate surface area is 145 Å². The number of carbonyl (C=O) groups is 1. The number of anilines is 1. The summed E-state index contributed by atoms with van der Waals surface area (Å²) < 4.78 is 0. The Balaban J connectivity index is 2.44. The van der Waals surface area contributed by atoms with Crippen LogP contribution in [0.15, 0.2) is 18.2 Å². The molecule has 9 nitrogen and oxygen atoms in total. The van der Waals surface area contributed by atoms with Crippen LogP contribution in [0.1, 0.15) is 33.3 Å². The van der Waals surface area contributed by atoms with Gasteiger partial charge in [-0.1, -0.05) is 6.92 Å². The predicted octanol–water partition coefficient (Wildman–Crippen LogP) is 3.56. The molecule has 1 heterocycles. The smallest absolute Gasteiger partial charge is 0.277 e. The van der Waals surface area contributed by atoms with E-state index in [1.807, 2.05) is 19.9 Å². The van der Waals surface area contributed by atoms with Crippen molar-refractivity contribution in [3.8, 4) is 6.07 Å². The van der Waals surface area contributed by atoms with E-state index in [-0.39, 0.29) is 5.56 Å². The highest BCUT2D eigenvalue weighted by molar-refractivity contribution is 7.16. The van der Waals surface area contributed by atoms with Crippen molar-refractivity contribution in [1.29, 1.82) is 5.26 Å². The molecule has 0 aliphatic carbocycles. The number of nitro groups is 2. The molecule has 0 atom stereocenters. The number of hydrogen-bond donors (Lipinski definition) is 1. The SMILES string of the molecule is CCc1c(C)sc(NC(=O)c2cc([N+](=O)[O-])cc([N+](=O)[O-])c2)c1C#N. The molecular formula is C15H12N4O5S. The normalized spacial score (nSPS) is 10.1. The van der Waals surface area contributed by atoms with Crippen LogP contribution in [-0.2, 0) is 6.42 Å². The highest BCUT2D eigenvalue weighted by atomic mass is 32.1. The number of thiophene rings is 1. The fourth-order valence-corrected chi connectivity index (χ4v) is 3.41. The van der Waals surface area contributed by atoms with E-state index >= 15 is 0 Å². The summed E-state index contributed by atoms with van der Waals surface area (Å²) in [6.45, 7) is 3.70. The molecule has 0 radical (unpaired) electrons. The Morgan fingerprint density at radius 2 is 1.80 bits per heavy atom. The zero-order valence-corrected chi connectivity index (χ0v) is 14.0. The van der Waals surface area contributed by atoms with E-state index in [2.05, 4.69) is 5.32 Å². The predicted molar refractivity (Wildman–Crippen MR) is 90.9 cm³/mol. The fourth-order valence-electron chi connectivity index (χ4n) is 2.32. The molecule has 128 valence electrons. The quantitative estimate of drug-likeness (QED) is 0.638. The monoisotopic (exact) mass is 360 g/mol. The lowest BCUT2D eigenvalue weighted by atomic mass is 10.1. The molecule has 0 aliphatic heterocycles. The van der Waals surface area contributed by atoms with E-state index in [9.17, 15) is 30.3 Å². The number of nitro benzene ring substituents is 2. The number of aryl methyl sites for hydroxylation is 1. The molecule has 0 saturated heterocycles. The number of hydrogen-bond acceptors (Lipinski definition) is 7. The average molecular weight is 360 g/mol. The Kier molecular flexibility index (Phi) is 5.09. The molecule has 1 N–H and O–H groups in total. The zero-order valence-electron chi connectivity index (χ0n) is 13.2. The summed E-state index contributed by atoms with van der Waals surface area (Å²) in [7, 11) is 0. The second-order valence-electron chi connectivity index (χ2n) is 5.01. The number of nitrogens with zero attached hydrogens (tertiary/aromatic N) is 3. The molecule has 25 heavy (non-hydrogen) atoms. The molecular weight excluding hydrogens is 348 g/mol. The molecule has 1 aromatic heterocycles. The van der Waals surface area contributed by atoms with Gasteiger partial charge in [0.05, 0.1) is 27.0 Å². The van der Waals surface area contributed by atoms with Crippen molar-refractivity contribution in [2.75, 3.05) is 5.32 Å². The first kappa shape index (κ1) is 18.0. The highest BCUT2D eigenvalue weighted by Gasteiger charge is 2.22. The van der Waals surface area contributed by atoms with E-state index in [4.69, 9.17) is 0 Å². The van der Waals surface area contributed by atoms with Crippen molar-refractivity contribution in [2.24, 2.45) is 0 Å². The summed E-state index contributed by atoms with van der Waals surface area (Å²) in [5, 5.41) is 33.9. The lowest BCUT2D eigenvalue weighted by Gasteiger charge is -2.04. The van der Waals surface area contributed by atoms with Gasteiger partial charge in [0.15, 0.2) is 0 Å². The number of nitrogens with one attached hydrogen (secondary N) is 1. The third-order valence-corrected chi connectivity index (χ3v) is 4.55. The van der Waals surface area contributed by atoms with Gasteiger partial charge in [0.1, 0.15) is 11.1 Å². The van der Waals surface area contributed by atoms with Gasteiger partial charge in [0.25, 0.3) is 17.3 Å². The van der Waals surface area contributed by atoms with Crippen LogP contribution in [0.4, 0.5) is 16.4 Å². The van der Waals surface area contributed by atoms with Crippen LogP contribution in [0, 0.1) is 38.5 Å². The molecule has 10 heteroatoms. The molecule has 0 spiro atoms. The van der Waals surface area contributed by atoms with Gasteiger partial charge in [0, 0.05) is 17.0 Å². The van der Waals surface area contributed by atoms with E-state index in [0.29, 0.717) is 17.0 Å². The molecule has 0 aliphatic rings. The second kappa shape index (κ2) is 7.06. The Hall–Kier alpha value is -3.32. The maximum absolute atomic E-state index is 12.4. The van der Waals surface area contributed by atoms with Gasteiger partial charge in [-0.25, -0.2) is 0 Å². The molecule has 2 rings (SSSR count). The minimum absolute atomic E-state index is 0.228. The topological polar surface area (TPSA) is 139 Å². The summed E-state index contributed by atoms with van der Waals surface area (Å²) in [5.74, 6) is -0.757. The largest absolute Gasteiger partial charge is 0.312 e. The number of nitriles is 1. The van der Waals surface area contributed by atoms with E-state index in [0.717, 1.165) is 28.6 Å². The van der Waals surface area contributed by atoms with Gasteiger partial charge in [-0.3, -0.25) is 25.0 Å². The average Bonchev–Trinajstić information content (AvgIpc) is 2.88. The molecule has 1 aromatic carbocycles. The van der Waals surface area contributed by atoms with Crippen molar-refractivity contribution < 1.29 is 14.6 Å². The lowest BCUT2D eigenvalue weighted by Crippen LogP contribution is -2.12. The minimum atomic E-state index is -0.811. The van der Waals surface area contributed by atoms with Gasteiger partial charge in [-0.05, 0) is 18.9 Å². The summed E-state index contributed by atoms with van der Waals surface area (Å²) in [6, 6.07) is 4.72. The number of carbonyl (C=O) groups excluding carboxylic acids is 1. The fraction of sp³-hybridized carbons (Fsp3) is 0.200. The summed E-state index contributed by atoms with van der Waals surface area (Å²) in [6.07, 6.45) is 0.614. The molecule has 1 amide bonds. The molecule has 0 unspecified atom stereocenters. The van der Waals surface area contributed by atoms with E-state index in [1.165, 1.54) is 11.3 Å². The summed E-state index contributed by atoms with van der Waals surface area (Å²) >= 11 is 1.21. The maximum atomic E-state index is 12.4. The first-order valence-corrected chi connectivity index (χ1v) is 7.87. The Bertz CT molecular complexity index is 896. The number of non-ortho nitro benzene ring substituents is 2. The third kappa shape index (κ3) is 3.61. The standard InChI is InChI=1S/C15H12N4O5S/c1-3-12-8(2)25-15(13(12)7-16)17-14(20)9-4-10(18(21)22)6-11(5-9)19(23)24/h4-6H,3H2,1-2H3,(H,17,20). The zero-order chi connectivity index (χ0) is 18.7.